The molecular formula is C17H24N4O2S. The number of thiazole rings is 1. The van der Waals surface area contributed by atoms with Crippen LogP contribution in [0.1, 0.15) is 51.5 Å². The molecule has 3 rings (SSSR count). The number of aliphatic hydroxyl groups is 1. The van der Waals surface area contributed by atoms with Gasteiger partial charge in [0.15, 0.2) is 0 Å². The summed E-state index contributed by atoms with van der Waals surface area (Å²) in [7, 11) is 0. The molecule has 0 unspecified atom stereocenters. The summed E-state index contributed by atoms with van der Waals surface area (Å²) in [5, 5.41) is 18.5. The van der Waals surface area contributed by atoms with E-state index >= 15 is 0 Å². The Labute approximate surface area is 145 Å². The Balaban J connectivity index is 1.70. The minimum atomic E-state index is -0.510. The van der Waals surface area contributed by atoms with Crippen LogP contribution in [0, 0.1) is 19.8 Å². The van der Waals surface area contributed by atoms with Gasteiger partial charge >= 0.3 is 0 Å². The number of rotatable bonds is 4. The summed E-state index contributed by atoms with van der Waals surface area (Å²) in [5.41, 5.74) is 2.73. The number of hydrogen-bond donors (Lipinski definition) is 2. The molecule has 3 heterocycles. The molecule has 0 radical (unpaired) electrons. The average Bonchev–Trinajstić information content (AvgIpc) is 3.19. The molecule has 1 fully saturated rings. The molecule has 2 atom stereocenters. The van der Waals surface area contributed by atoms with E-state index in [1.807, 2.05) is 19.9 Å². The Hall–Kier alpha value is -1.73. The Morgan fingerprint density at radius 3 is 2.79 bits per heavy atom. The van der Waals surface area contributed by atoms with Crippen molar-refractivity contribution >= 4 is 17.2 Å². The SMILES string of the molecule is Cc1cc(C[C@@H]2CN(C(=O)c3sc(C(C)C)nc3C)C[C@H]2O)n[nH]1. The van der Waals surface area contributed by atoms with Crippen molar-refractivity contribution in [3.8, 4) is 0 Å². The van der Waals surface area contributed by atoms with Gasteiger partial charge in [-0.05, 0) is 26.3 Å². The molecule has 1 amide bonds. The number of aryl methyl sites for hydroxylation is 2. The molecule has 0 saturated carbocycles. The van der Waals surface area contributed by atoms with Crippen LogP contribution in [-0.4, -0.2) is 50.3 Å². The molecule has 2 aromatic rings. The molecule has 0 bridgehead atoms. The lowest BCUT2D eigenvalue weighted by Gasteiger charge is -2.15. The second-order valence-corrected chi connectivity index (χ2v) is 7.94. The largest absolute Gasteiger partial charge is 0.391 e. The molecule has 0 spiro atoms. The van der Waals surface area contributed by atoms with E-state index in [0.717, 1.165) is 22.1 Å². The highest BCUT2D eigenvalue weighted by molar-refractivity contribution is 7.13. The van der Waals surface area contributed by atoms with Crippen LogP contribution in [0.2, 0.25) is 0 Å². The third kappa shape index (κ3) is 3.37. The van der Waals surface area contributed by atoms with Crippen molar-refractivity contribution in [2.45, 2.75) is 46.1 Å². The van der Waals surface area contributed by atoms with E-state index in [1.165, 1.54) is 11.3 Å². The van der Waals surface area contributed by atoms with Crippen molar-refractivity contribution in [2.75, 3.05) is 13.1 Å². The smallest absolute Gasteiger partial charge is 0.265 e. The van der Waals surface area contributed by atoms with E-state index in [9.17, 15) is 9.90 Å². The third-order valence-corrected chi connectivity index (χ3v) is 5.87. The molecule has 2 aromatic heterocycles. The first-order chi connectivity index (χ1) is 11.3. The number of nitrogens with zero attached hydrogens (tertiary/aromatic N) is 3. The fraction of sp³-hybridized carbons (Fsp3) is 0.588. The zero-order valence-corrected chi connectivity index (χ0v) is 15.4. The fourth-order valence-electron chi connectivity index (χ4n) is 3.07. The van der Waals surface area contributed by atoms with Crippen molar-refractivity contribution < 1.29 is 9.90 Å². The molecule has 24 heavy (non-hydrogen) atoms. The molecule has 7 heteroatoms. The quantitative estimate of drug-likeness (QED) is 0.888. The summed E-state index contributed by atoms with van der Waals surface area (Å²) in [6.07, 6.45) is 0.164. The highest BCUT2D eigenvalue weighted by Gasteiger charge is 2.36. The number of carbonyl (C=O) groups is 1. The van der Waals surface area contributed by atoms with Gasteiger partial charge in [0.05, 0.1) is 22.5 Å². The Morgan fingerprint density at radius 1 is 1.46 bits per heavy atom. The number of β-amino-alcohol motifs (C(OH)–C–C–N with tert-alkyl or cyclic N) is 1. The lowest BCUT2D eigenvalue weighted by Crippen LogP contribution is -2.29. The van der Waals surface area contributed by atoms with Crippen molar-refractivity contribution in [2.24, 2.45) is 5.92 Å². The maximum atomic E-state index is 12.8. The normalized spacial score (nSPS) is 21.0. The number of H-pyrrole nitrogens is 1. The van der Waals surface area contributed by atoms with Crippen LogP contribution in [0.25, 0.3) is 0 Å². The van der Waals surface area contributed by atoms with Gasteiger partial charge in [0.2, 0.25) is 0 Å². The molecule has 1 aliphatic rings. The number of amides is 1. The van der Waals surface area contributed by atoms with Crippen LogP contribution >= 0.6 is 11.3 Å². The van der Waals surface area contributed by atoms with Crippen molar-refractivity contribution in [1.29, 1.82) is 0 Å². The molecule has 1 aliphatic heterocycles. The number of aromatic amines is 1. The first-order valence-corrected chi connectivity index (χ1v) is 9.12. The van der Waals surface area contributed by atoms with Crippen molar-refractivity contribution in [3.05, 3.63) is 33.0 Å². The number of aromatic nitrogens is 3. The molecule has 0 aliphatic carbocycles. The molecule has 2 N–H and O–H groups in total. The van der Waals surface area contributed by atoms with E-state index in [-0.39, 0.29) is 11.8 Å². The minimum absolute atomic E-state index is 0.0170. The number of aliphatic hydroxyl groups excluding tert-OH is 1. The second kappa shape index (κ2) is 6.64. The van der Waals surface area contributed by atoms with E-state index in [2.05, 4.69) is 29.0 Å². The fourth-order valence-corrected chi connectivity index (χ4v) is 4.11. The van der Waals surface area contributed by atoms with Gasteiger partial charge in [-0.2, -0.15) is 5.10 Å². The van der Waals surface area contributed by atoms with Crippen molar-refractivity contribution in [3.63, 3.8) is 0 Å². The monoisotopic (exact) mass is 348 g/mol. The summed E-state index contributed by atoms with van der Waals surface area (Å²) in [6, 6.07) is 1.99. The zero-order chi connectivity index (χ0) is 17.4. The average molecular weight is 348 g/mol. The lowest BCUT2D eigenvalue weighted by molar-refractivity contribution is 0.0768. The highest BCUT2D eigenvalue weighted by Crippen LogP contribution is 2.28. The second-order valence-electron chi connectivity index (χ2n) is 6.91. The Kier molecular flexibility index (Phi) is 4.73. The van der Waals surface area contributed by atoms with E-state index in [4.69, 9.17) is 0 Å². The standard InChI is InChI=1S/C17H24N4O2S/c1-9(2)16-18-11(4)15(24-16)17(23)21-7-12(14(22)8-21)6-13-5-10(3)19-20-13/h5,9,12,14,22H,6-8H2,1-4H3,(H,19,20)/t12-,14-/m1/s1. The Morgan fingerprint density at radius 2 is 2.21 bits per heavy atom. The summed E-state index contributed by atoms with van der Waals surface area (Å²) in [6.45, 7) is 8.92. The van der Waals surface area contributed by atoms with Gasteiger partial charge in [0.1, 0.15) is 4.88 Å². The van der Waals surface area contributed by atoms with Gasteiger partial charge in [-0.15, -0.1) is 11.3 Å². The van der Waals surface area contributed by atoms with Gasteiger partial charge in [-0.3, -0.25) is 9.89 Å². The molecular weight excluding hydrogens is 324 g/mol. The maximum Gasteiger partial charge on any atom is 0.265 e. The van der Waals surface area contributed by atoms with Crippen LogP contribution in [0.4, 0.5) is 0 Å². The minimum Gasteiger partial charge on any atom is -0.391 e. The number of hydrogen-bond acceptors (Lipinski definition) is 5. The first-order valence-electron chi connectivity index (χ1n) is 8.30. The molecule has 130 valence electrons. The van der Waals surface area contributed by atoms with Crippen LogP contribution in [0.15, 0.2) is 6.07 Å². The van der Waals surface area contributed by atoms with Gasteiger partial charge < -0.3 is 10.0 Å². The zero-order valence-electron chi connectivity index (χ0n) is 14.5. The summed E-state index contributed by atoms with van der Waals surface area (Å²) >= 11 is 1.47. The van der Waals surface area contributed by atoms with Gasteiger partial charge in [0.25, 0.3) is 5.91 Å². The van der Waals surface area contributed by atoms with Crippen LogP contribution < -0.4 is 0 Å². The van der Waals surface area contributed by atoms with Crippen LogP contribution in [0.3, 0.4) is 0 Å². The van der Waals surface area contributed by atoms with Crippen LogP contribution in [-0.2, 0) is 6.42 Å². The predicted molar refractivity (Wildman–Crippen MR) is 93.4 cm³/mol. The van der Waals surface area contributed by atoms with Crippen LogP contribution in [0.5, 0.6) is 0 Å². The van der Waals surface area contributed by atoms with E-state index in [1.54, 1.807) is 4.90 Å². The maximum absolute atomic E-state index is 12.8. The number of likely N-dealkylation sites (tertiary alicyclic amines) is 1. The molecule has 0 aromatic carbocycles. The third-order valence-electron chi connectivity index (χ3n) is 4.43. The first kappa shape index (κ1) is 17.1. The summed E-state index contributed by atoms with van der Waals surface area (Å²) in [4.78, 5) is 19.8. The van der Waals surface area contributed by atoms with E-state index < -0.39 is 6.10 Å². The van der Waals surface area contributed by atoms with Gasteiger partial charge in [-0.25, -0.2) is 4.98 Å². The van der Waals surface area contributed by atoms with Gasteiger partial charge in [-0.1, -0.05) is 13.8 Å². The van der Waals surface area contributed by atoms with Gasteiger partial charge in [0, 0.05) is 30.6 Å². The Bertz CT molecular complexity index is 737. The van der Waals surface area contributed by atoms with Crippen molar-refractivity contribution in [1.82, 2.24) is 20.1 Å². The summed E-state index contributed by atoms with van der Waals surface area (Å²) in [5.74, 6) is 0.321. The lowest BCUT2D eigenvalue weighted by atomic mass is 10.0. The summed E-state index contributed by atoms with van der Waals surface area (Å²) < 4.78 is 0. The number of carbonyl (C=O) groups excluding carboxylic acids is 1. The highest BCUT2D eigenvalue weighted by atomic mass is 32.1. The topological polar surface area (TPSA) is 82.1 Å². The molecule has 1 saturated heterocycles. The predicted octanol–water partition coefficient (Wildman–Crippen LogP) is 2.28. The molecule has 6 nitrogen and oxygen atoms in total. The van der Waals surface area contributed by atoms with E-state index in [0.29, 0.717) is 30.3 Å². The number of nitrogens with one attached hydrogen (secondary N) is 1.